The minimum atomic E-state index is -4.81. The fourth-order valence-corrected chi connectivity index (χ4v) is 0.136. The molecule has 0 heterocycles. The molecular weight excluding hydrogens is 143 g/mol. The summed E-state index contributed by atoms with van der Waals surface area (Å²) < 4.78 is 54.5. The minimum absolute atomic E-state index is 0.421. The van der Waals surface area contributed by atoms with Gasteiger partial charge in [-0.05, 0) is 5.92 Å². The van der Waals surface area contributed by atoms with Crippen molar-refractivity contribution >= 4 is 0 Å². The van der Waals surface area contributed by atoms with E-state index in [0.717, 1.165) is 0 Å². The highest BCUT2D eigenvalue weighted by Gasteiger charge is 2.23. The fraction of sp³-hybridized carbons (Fsp3) is 0.500. The van der Waals surface area contributed by atoms with E-state index in [-0.39, 0.29) is 0 Å². The van der Waals surface area contributed by atoms with E-state index in [1.165, 1.54) is 0 Å². The van der Waals surface area contributed by atoms with Crippen LogP contribution in [0, 0.1) is 11.8 Å². The molecule has 0 aromatic heterocycles. The lowest BCUT2D eigenvalue weighted by molar-refractivity contribution is -0.0700. The maximum Gasteiger partial charge on any atom is 0.457 e. The number of hydrogen-bond donors (Lipinski definition) is 0. The summed E-state index contributed by atoms with van der Waals surface area (Å²) in [4.78, 5) is 0. The second kappa shape index (κ2) is 2.67. The summed E-state index contributed by atoms with van der Waals surface area (Å²) in [6.45, 7) is 0. The van der Waals surface area contributed by atoms with Crippen LogP contribution in [0.5, 0.6) is 0 Å². The molecule has 0 atom stereocenters. The predicted octanol–water partition coefficient (Wildman–Crippen LogP) is 1.82. The van der Waals surface area contributed by atoms with Gasteiger partial charge in [0.05, 0.1) is 0 Å². The zero-order valence-corrected chi connectivity index (χ0v) is 3.97. The topological polar surface area (TPSA) is 0 Å². The molecule has 0 aliphatic heterocycles. The van der Waals surface area contributed by atoms with Gasteiger partial charge in [0.2, 0.25) is 0 Å². The average Bonchev–Trinajstić information content (AvgIpc) is 1.59. The third-order valence-electron chi connectivity index (χ3n) is 0.323. The van der Waals surface area contributed by atoms with Gasteiger partial charge in [-0.25, -0.2) is 0 Å². The molecule has 52 valence electrons. The molecule has 0 aliphatic carbocycles. The molecule has 0 aliphatic rings. The molecule has 0 nitrogen and oxygen atoms in total. The van der Waals surface area contributed by atoms with Gasteiger partial charge in [-0.2, -0.15) is 22.0 Å². The molecule has 0 N–H and O–H groups in total. The first-order valence-electron chi connectivity index (χ1n) is 1.79. The summed E-state index contributed by atoms with van der Waals surface area (Å²) in [6.07, 6.45) is -8.03. The smallest absolute Gasteiger partial charge is 0.196 e. The molecule has 0 saturated carbocycles. The summed E-state index contributed by atoms with van der Waals surface area (Å²) >= 11 is 0. The molecule has 0 unspecified atom stereocenters. The third-order valence-corrected chi connectivity index (χ3v) is 0.323. The van der Waals surface area contributed by atoms with Crippen molar-refractivity contribution in [3.8, 4) is 11.8 Å². The lowest BCUT2D eigenvalue weighted by Crippen LogP contribution is -2.02. The van der Waals surface area contributed by atoms with Crippen molar-refractivity contribution in [3.05, 3.63) is 0 Å². The fourth-order valence-electron chi connectivity index (χ4n) is 0.136. The molecule has 0 amide bonds. The molecule has 5 heteroatoms. The van der Waals surface area contributed by atoms with E-state index in [0.29, 0.717) is 11.8 Å². The SMILES string of the molecule is FC(F)C#CC(F)(F)F. The van der Waals surface area contributed by atoms with Crippen LogP contribution in [0.3, 0.4) is 0 Å². The zero-order chi connectivity index (χ0) is 7.49. The Kier molecular flexibility index (Phi) is 2.43. The van der Waals surface area contributed by atoms with Gasteiger partial charge in [0, 0.05) is 5.92 Å². The number of hydrogen-bond acceptors (Lipinski definition) is 0. The molecule has 0 aromatic rings. The van der Waals surface area contributed by atoms with Crippen LogP contribution in [0.25, 0.3) is 0 Å². The largest absolute Gasteiger partial charge is 0.457 e. The first-order chi connectivity index (χ1) is 3.92. The lowest BCUT2D eigenvalue weighted by atomic mass is 10.6. The number of rotatable bonds is 0. The van der Waals surface area contributed by atoms with Crippen LogP contribution in [-0.2, 0) is 0 Å². The van der Waals surface area contributed by atoms with E-state index >= 15 is 0 Å². The first-order valence-corrected chi connectivity index (χ1v) is 1.79. The highest BCUT2D eigenvalue weighted by molar-refractivity contribution is 5.06. The van der Waals surface area contributed by atoms with Crippen LogP contribution in [0.2, 0.25) is 0 Å². The van der Waals surface area contributed by atoms with Crippen molar-refractivity contribution in [1.29, 1.82) is 0 Å². The zero-order valence-electron chi connectivity index (χ0n) is 3.97. The second-order valence-electron chi connectivity index (χ2n) is 1.07. The van der Waals surface area contributed by atoms with Crippen molar-refractivity contribution in [2.24, 2.45) is 0 Å². The summed E-state index contributed by atoms with van der Waals surface area (Å²) in [5.41, 5.74) is 0. The maximum absolute atomic E-state index is 10.9. The van der Waals surface area contributed by atoms with Gasteiger partial charge in [-0.3, -0.25) is 0 Å². The van der Waals surface area contributed by atoms with Gasteiger partial charge in [0.1, 0.15) is 0 Å². The Labute approximate surface area is 47.7 Å². The van der Waals surface area contributed by atoms with E-state index < -0.39 is 12.6 Å². The quantitative estimate of drug-likeness (QED) is 0.359. The average molecular weight is 144 g/mol. The number of alkyl halides is 5. The van der Waals surface area contributed by atoms with Crippen LogP contribution >= 0.6 is 0 Å². The minimum Gasteiger partial charge on any atom is -0.196 e. The third kappa shape index (κ3) is 7.21. The summed E-state index contributed by atoms with van der Waals surface area (Å²) in [5, 5.41) is 0. The van der Waals surface area contributed by atoms with E-state index in [2.05, 4.69) is 0 Å². The molecule has 0 radical (unpaired) electrons. The Bertz CT molecular complexity index is 133. The number of halogens is 5. The Hall–Kier alpha value is -0.790. The molecule has 0 spiro atoms. The molecule has 0 bridgehead atoms. The van der Waals surface area contributed by atoms with Crippen molar-refractivity contribution in [3.63, 3.8) is 0 Å². The van der Waals surface area contributed by atoms with E-state index in [1.807, 2.05) is 0 Å². The van der Waals surface area contributed by atoms with Gasteiger partial charge in [-0.15, -0.1) is 0 Å². The van der Waals surface area contributed by atoms with Gasteiger partial charge in [0.15, 0.2) is 0 Å². The Balaban J connectivity index is 3.88. The molecule has 0 rings (SSSR count). The van der Waals surface area contributed by atoms with Crippen molar-refractivity contribution in [1.82, 2.24) is 0 Å². The summed E-state index contributed by atoms with van der Waals surface area (Å²) in [6, 6.07) is 0. The van der Waals surface area contributed by atoms with E-state index in [4.69, 9.17) is 0 Å². The summed E-state index contributed by atoms with van der Waals surface area (Å²) in [5.74, 6) is 1.10. The highest BCUT2D eigenvalue weighted by atomic mass is 19.4. The van der Waals surface area contributed by atoms with Crippen LogP contribution in [0.4, 0.5) is 22.0 Å². The molecular formula is C4HF5. The van der Waals surface area contributed by atoms with E-state index in [9.17, 15) is 22.0 Å². The molecule has 0 fully saturated rings. The van der Waals surface area contributed by atoms with Crippen molar-refractivity contribution in [2.75, 3.05) is 0 Å². The predicted molar refractivity (Wildman–Crippen MR) is 19.8 cm³/mol. The first kappa shape index (κ1) is 8.21. The van der Waals surface area contributed by atoms with Crippen LogP contribution in [-0.4, -0.2) is 12.6 Å². The second-order valence-corrected chi connectivity index (χ2v) is 1.07. The van der Waals surface area contributed by atoms with Gasteiger partial charge < -0.3 is 0 Å². The van der Waals surface area contributed by atoms with Crippen molar-refractivity contribution < 1.29 is 22.0 Å². The van der Waals surface area contributed by atoms with Gasteiger partial charge in [0.25, 0.3) is 6.43 Å². The Morgan fingerprint density at radius 2 is 1.56 bits per heavy atom. The van der Waals surface area contributed by atoms with E-state index in [1.54, 1.807) is 0 Å². The van der Waals surface area contributed by atoms with Crippen LogP contribution in [0.15, 0.2) is 0 Å². The van der Waals surface area contributed by atoms with Gasteiger partial charge in [-0.1, -0.05) is 0 Å². The van der Waals surface area contributed by atoms with Crippen LogP contribution in [0.1, 0.15) is 0 Å². The molecule has 0 saturated heterocycles. The monoisotopic (exact) mass is 144 g/mol. The lowest BCUT2D eigenvalue weighted by Gasteiger charge is -1.90. The standard InChI is InChI=1S/C4HF5/c5-3(6)1-2-4(7,8)9/h3H. The summed E-state index contributed by atoms with van der Waals surface area (Å²) in [7, 11) is 0. The maximum atomic E-state index is 10.9. The normalized spacial score (nSPS) is 10.9. The van der Waals surface area contributed by atoms with Crippen LogP contribution < -0.4 is 0 Å². The molecule has 0 aromatic carbocycles. The Morgan fingerprint density at radius 3 is 1.67 bits per heavy atom. The highest BCUT2D eigenvalue weighted by Crippen LogP contribution is 2.12. The Morgan fingerprint density at radius 1 is 1.11 bits per heavy atom. The van der Waals surface area contributed by atoms with Crippen molar-refractivity contribution in [2.45, 2.75) is 12.6 Å². The molecule has 9 heavy (non-hydrogen) atoms. The van der Waals surface area contributed by atoms with Gasteiger partial charge >= 0.3 is 6.18 Å².